The maximum atomic E-state index is 12.4. The van der Waals surface area contributed by atoms with Crippen LogP contribution < -0.4 is 15.4 Å². The Morgan fingerprint density at radius 2 is 2.17 bits per heavy atom. The minimum Gasteiger partial charge on any atom is -0.490 e. The van der Waals surface area contributed by atoms with Crippen molar-refractivity contribution in [3.05, 3.63) is 41.3 Å². The number of amides is 1. The van der Waals surface area contributed by atoms with Crippen molar-refractivity contribution >= 4 is 27.9 Å². The Balaban J connectivity index is 2.00. The number of carbonyl (C=O) groups excluding carboxylic acids is 1. The van der Waals surface area contributed by atoms with Gasteiger partial charge in [0.05, 0.1) is 22.8 Å². The van der Waals surface area contributed by atoms with Gasteiger partial charge in [0.1, 0.15) is 12.4 Å². The van der Waals surface area contributed by atoms with Crippen LogP contribution in [0.5, 0.6) is 5.75 Å². The summed E-state index contributed by atoms with van der Waals surface area (Å²) in [5, 5.41) is 2.39. The third-order valence-corrected chi connectivity index (χ3v) is 3.65. The van der Waals surface area contributed by atoms with Gasteiger partial charge in [0.2, 0.25) is 0 Å². The van der Waals surface area contributed by atoms with E-state index in [9.17, 15) is 4.79 Å². The third kappa shape index (κ3) is 1.73. The van der Waals surface area contributed by atoms with Gasteiger partial charge in [-0.25, -0.2) is 0 Å². The molecule has 1 aliphatic rings. The molecule has 0 saturated carbocycles. The van der Waals surface area contributed by atoms with Gasteiger partial charge in [0.25, 0.3) is 5.91 Å². The van der Waals surface area contributed by atoms with Crippen LogP contribution in [0.25, 0.3) is 0 Å². The zero-order valence-electron chi connectivity index (χ0n) is 9.63. The fraction of sp³-hybridized carbons (Fsp3) is 0.154. The lowest BCUT2D eigenvalue weighted by atomic mass is 10.2. The monoisotopic (exact) mass is 260 g/mol. The summed E-state index contributed by atoms with van der Waals surface area (Å²) in [4.78, 5) is 14.2. The maximum absolute atomic E-state index is 12.4. The van der Waals surface area contributed by atoms with Crippen LogP contribution in [-0.2, 0) is 0 Å². The average molecular weight is 260 g/mol. The topological polar surface area (TPSA) is 55.6 Å². The molecule has 0 aliphatic carbocycles. The second-order valence-corrected chi connectivity index (χ2v) is 4.92. The zero-order chi connectivity index (χ0) is 12.5. The third-order valence-electron chi connectivity index (χ3n) is 2.90. The van der Waals surface area contributed by atoms with E-state index in [1.54, 1.807) is 11.0 Å². The number of anilines is 2. The standard InChI is InChI=1S/C13H12N2O2S/c14-12-9(5-8-18-12)13(16)15-6-7-17-11-4-2-1-3-10(11)15/h1-5,8H,6-7,14H2. The lowest BCUT2D eigenvalue weighted by molar-refractivity contribution is 0.0978. The molecular formula is C13H12N2O2S. The van der Waals surface area contributed by atoms with E-state index in [0.29, 0.717) is 23.7 Å². The number of benzene rings is 1. The summed E-state index contributed by atoms with van der Waals surface area (Å²) in [6.07, 6.45) is 0. The van der Waals surface area contributed by atoms with E-state index in [-0.39, 0.29) is 5.91 Å². The number of carbonyl (C=O) groups is 1. The first kappa shape index (κ1) is 11.1. The molecule has 18 heavy (non-hydrogen) atoms. The van der Waals surface area contributed by atoms with Crippen LogP contribution in [-0.4, -0.2) is 19.1 Å². The summed E-state index contributed by atoms with van der Waals surface area (Å²) < 4.78 is 5.53. The van der Waals surface area contributed by atoms with E-state index >= 15 is 0 Å². The molecule has 0 unspecified atom stereocenters. The number of hydrogen-bond donors (Lipinski definition) is 1. The molecule has 3 rings (SSSR count). The largest absolute Gasteiger partial charge is 0.490 e. The molecule has 0 atom stereocenters. The van der Waals surface area contributed by atoms with Gasteiger partial charge in [-0.3, -0.25) is 4.79 Å². The van der Waals surface area contributed by atoms with Crippen LogP contribution in [0.1, 0.15) is 10.4 Å². The van der Waals surface area contributed by atoms with Crippen molar-refractivity contribution in [1.82, 2.24) is 0 Å². The van der Waals surface area contributed by atoms with Crippen LogP contribution in [0, 0.1) is 0 Å². The highest BCUT2D eigenvalue weighted by molar-refractivity contribution is 7.14. The quantitative estimate of drug-likeness (QED) is 0.856. The average Bonchev–Trinajstić information content (AvgIpc) is 2.83. The number of thiophene rings is 1. The van der Waals surface area contributed by atoms with E-state index in [2.05, 4.69) is 0 Å². The predicted molar refractivity (Wildman–Crippen MR) is 72.3 cm³/mol. The van der Waals surface area contributed by atoms with Crippen molar-refractivity contribution in [1.29, 1.82) is 0 Å². The molecule has 0 bridgehead atoms. The minimum atomic E-state index is -0.0653. The number of hydrogen-bond acceptors (Lipinski definition) is 4. The highest BCUT2D eigenvalue weighted by Gasteiger charge is 2.25. The molecule has 0 spiro atoms. The SMILES string of the molecule is Nc1sccc1C(=O)N1CCOc2ccccc21. The van der Waals surface area contributed by atoms with E-state index in [0.717, 1.165) is 11.4 Å². The maximum Gasteiger partial charge on any atom is 0.261 e. The number of ether oxygens (including phenoxy) is 1. The number of para-hydroxylation sites is 2. The van der Waals surface area contributed by atoms with Gasteiger partial charge in [-0.15, -0.1) is 11.3 Å². The first-order chi connectivity index (χ1) is 8.77. The lowest BCUT2D eigenvalue weighted by Gasteiger charge is -2.29. The predicted octanol–water partition coefficient (Wildman–Crippen LogP) is 2.37. The Kier molecular flexibility index (Phi) is 2.68. The van der Waals surface area contributed by atoms with Crippen molar-refractivity contribution in [2.45, 2.75) is 0 Å². The molecule has 0 saturated heterocycles. The van der Waals surface area contributed by atoms with Crippen LogP contribution in [0.3, 0.4) is 0 Å². The number of nitrogens with two attached hydrogens (primary N) is 1. The van der Waals surface area contributed by atoms with Crippen LogP contribution in [0.15, 0.2) is 35.7 Å². The molecule has 92 valence electrons. The molecule has 1 amide bonds. The molecule has 1 aromatic heterocycles. The van der Waals surface area contributed by atoms with Crippen LogP contribution in [0.4, 0.5) is 10.7 Å². The van der Waals surface area contributed by atoms with E-state index < -0.39 is 0 Å². The highest BCUT2D eigenvalue weighted by Crippen LogP contribution is 2.33. The smallest absolute Gasteiger partial charge is 0.261 e. The second kappa shape index (κ2) is 4.34. The molecule has 1 aliphatic heterocycles. The zero-order valence-corrected chi connectivity index (χ0v) is 10.4. The highest BCUT2D eigenvalue weighted by atomic mass is 32.1. The Labute approximate surface area is 109 Å². The molecule has 0 fully saturated rings. The molecule has 2 N–H and O–H groups in total. The number of fused-ring (bicyclic) bond motifs is 1. The molecule has 2 aromatic rings. The Bertz CT molecular complexity index is 594. The van der Waals surface area contributed by atoms with Crippen molar-refractivity contribution in [2.75, 3.05) is 23.8 Å². The minimum absolute atomic E-state index is 0.0653. The van der Waals surface area contributed by atoms with Gasteiger partial charge in [-0.2, -0.15) is 0 Å². The van der Waals surface area contributed by atoms with Gasteiger partial charge in [-0.1, -0.05) is 12.1 Å². The van der Waals surface area contributed by atoms with Gasteiger partial charge in [0, 0.05) is 0 Å². The van der Waals surface area contributed by atoms with E-state index in [1.165, 1.54) is 11.3 Å². The summed E-state index contributed by atoms with van der Waals surface area (Å²) in [5.41, 5.74) is 7.18. The first-order valence-electron chi connectivity index (χ1n) is 5.64. The van der Waals surface area contributed by atoms with Crippen molar-refractivity contribution < 1.29 is 9.53 Å². The normalized spacial score (nSPS) is 13.9. The molecule has 1 aromatic carbocycles. The molecular weight excluding hydrogens is 248 g/mol. The van der Waals surface area contributed by atoms with Gasteiger partial charge in [0.15, 0.2) is 0 Å². The van der Waals surface area contributed by atoms with Crippen molar-refractivity contribution in [2.24, 2.45) is 0 Å². The first-order valence-corrected chi connectivity index (χ1v) is 6.52. The van der Waals surface area contributed by atoms with Crippen molar-refractivity contribution in [3.8, 4) is 5.75 Å². The van der Waals surface area contributed by atoms with E-state index in [4.69, 9.17) is 10.5 Å². The van der Waals surface area contributed by atoms with Gasteiger partial charge >= 0.3 is 0 Å². The summed E-state index contributed by atoms with van der Waals surface area (Å²) in [6.45, 7) is 1.05. The Hall–Kier alpha value is -2.01. The van der Waals surface area contributed by atoms with Gasteiger partial charge < -0.3 is 15.4 Å². The number of nitrogen functional groups attached to an aromatic ring is 1. The fourth-order valence-electron chi connectivity index (χ4n) is 2.02. The van der Waals surface area contributed by atoms with Crippen LogP contribution in [0.2, 0.25) is 0 Å². The lowest BCUT2D eigenvalue weighted by Crippen LogP contribution is -2.38. The number of rotatable bonds is 1. The van der Waals surface area contributed by atoms with E-state index in [1.807, 2.05) is 29.6 Å². The Morgan fingerprint density at radius 3 is 2.94 bits per heavy atom. The molecule has 5 heteroatoms. The van der Waals surface area contributed by atoms with Crippen LogP contribution >= 0.6 is 11.3 Å². The Morgan fingerprint density at radius 1 is 1.33 bits per heavy atom. The van der Waals surface area contributed by atoms with Crippen molar-refractivity contribution in [3.63, 3.8) is 0 Å². The fourth-order valence-corrected chi connectivity index (χ4v) is 2.66. The van der Waals surface area contributed by atoms with Gasteiger partial charge in [-0.05, 0) is 23.6 Å². The summed E-state index contributed by atoms with van der Waals surface area (Å²) >= 11 is 1.38. The summed E-state index contributed by atoms with van der Waals surface area (Å²) in [6, 6.07) is 9.30. The summed E-state index contributed by atoms with van der Waals surface area (Å²) in [5.74, 6) is 0.676. The molecule has 2 heterocycles. The summed E-state index contributed by atoms with van der Waals surface area (Å²) in [7, 11) is 0. The number of nitrogens with zero attached hydrogens (tertiary/aromatic N) is 1. The molecule has 0 radical (unpaired) electrons. The second-order valence-electron chi connectivity index (χ2n) is 3.97. The molecule has 4 nitrogen and oxygen atoms in total.